The number of rotatable bonds is 3. The quantitative estimate of drug-likeness (QED) is 0.741. The summed E-state index contributed by atoms with van der Waals surface area (Å²) in [6.07, 6.45) is 1.74. The van der Waals surface area contributed by atoms with Crippen LogP contribution in [-0.2, 0) is 4.74 Å². The molecule has 4 heterocycles. The first-order valence-electron chi connectivity index (χ1n) is 8.83. The minimum atomic E-state index is -0.230. The Bertz CT molecular complexity index is 1010. The molecule has 3 aromatic rings. The molecule has 140 valence electrons. The predicted octanol–water partition coefficient (Wildman–Crippen LogP) is 1.17. The fraction of sp³-hybridized carbons (Fsp3) is 0.389. The number of nitrogens with zero attached hydrogens (tertiary/aromatic N) is 6. The maximum atomic E-state index is 12.5. The van der Waals surface area contributed by atoms with Gasteiger partial charge in [-0.2, -0.15) is 4.68 Å². The Kier molecular flexibility index (Phi) is 4.44. The van der Waals surface area contributed by atoms with Gasteiger partial charge in [-0.15, -0.1) is 0 Å². The van der Waals surface area contributed by atoms with Crippen LogP contribution in [0, 0.1) is 20.8 Å². The van der Waals surface area contributed by atoms with Gasteiger partial charge < -0.3 is 9.64 Å². The summed E-state index contributed by atoms with van der Waals surface area (Å²) in [5, 5.41) is 3.07. The number of nitrogens with one attached hydrogen (secondary N) is 1. The van der Waals surface area contributed by atoms with E-state index in [1.54, 1.807) is 6.20 Å². The molecule has 1 N–H and O–H groups in total. The van der Waals surface area contributed by atoms with Gasteiger partial charge >= 0.3 is 0 Å². The third kappa shape index (κ3) is 3.45. The summed E-state index contributed by atoms with van der Waals surface area (Å²) in [4.78, 5) is 32.3. The molecule has 0 atom stereocenters. The molecule has 0 aromatic carbocycles. The SMILES string of the molecule is Cc1cc(C)nc(-n2[nH]c(-c3cnc(N4CCOCC4)nc3C)cc2=O)n1. The molecule has 9 nitrogen and oxygen atoms in total. The highest BCUT2D eigenvalue weighted by atomic mass is 16.5. The van der Waals surface area contributed by atoms with Gasteiger partial charge in [0.1, 0.15) is 0 Å². The number of hydrogen-bond acceptors (Lipinski definition) is 7. The van der Waals surface area contributed by atoms with Gasteiger partial charge in [-0.25, -0.2) is 19.9 Å². The van der Waals surface area contributed by atoms with Gasteiger partial charge in [0.2, 0.25) is 5.95 Å². The Hall–Kier alpha value is -3.07. The van der Waals surface area contributed by atoms with E-state index < -0.39 is 0 Å². The molecule has 0 saturated carbocycles. The van der Waals surface area contributed by atoms with Gasteiger partial charge in [-0.1, -0.05) is 0 Å². The van der Waals surface area contributed by atoms with Crippen molar-refractivity contribution in [1.29, 1.82) is 0 Å². The second-order valence-corrected chi connectivity index (χ2v) is 6.56. The molecule has 0 spiro atoms. The van der Waals surface area contributed by atoms with E-state index in [9.17, 15) is 4.79 Å². The Labute approximate surface area is 156 Å². The number of aromatic amines is 1. The van der Waals surface area contributed by atoms with Gasteiger partial charge in [-0.05, 0) is 26.8 Å². The first-order valence-corrected chi connectivity index (χ1v) is 8.83. The van der Waals surface area contributed by atoms with E-state index in [0.29, 0.717) is 30.8 Å². The number of H-pyrrole nitrogens is 1. The van der Waals surface area contributed by atoms with Crippen LogP contribution in [0.1, 0.15) is 17.1 Å². The van der Waals surface area contributed by atoms with Gasteiger partial charge in [0.15, 0.2) is 0 Å². The van der Waals surface area contributed by atoms with E-state index in [1.807, 2.05) is 26.8 Å². The number of hydrogen-bond donors (Lipinski definition) is 1. The lowest BCUT2D eigenvalue weighted by Gasteiger charge is -2.27. The molecule has 3 aromatic heterocycles. The molecule has 1 saturated heterocycles. The zero-order chi connectivity index (χ0) is 19.0. The smallest absolute Gasteiger partial charge is 0.274 e. The van der Waals surface area contributed by atoms with E-state index in [0.717, 1.165) is 35.7 Å². The first-order chi connectivity index (χ1) is 13.0. The first kappa shape index (κ1) is 17.3. The standard InChI is InChI=1S/C18H21N7O2/c1-11-8-12(2)21-18(20-11)25-16(26)9-15(23-25)14-10-19-17(22-13(14)3)24-4-6-27-7-5-24/h8-10,23H,4-7H2,1-3H3. The van der Waals surface area contributed by atoms with Crippen molar-refractivity contribution in [2.75, 3.05) is 31.2 Å². The predicted molar refractivity (Wildman–Crippen MR) is 100 cm³/mol. The molecular weight excluding hydrogens is 346 g/mol. The molecule has 9 heteroatoms. The molecule has 1 aliphatic rings. The van der Waals surface area contributed by atoms with Crippen molar-refractivity contribution in [3.8, 4) is 17.2 Å². The van der Waals surface area contributed by atoms with Crippen LogP contribution < -0.4 is 10.5 Å². The van der Waals surface area contributed by atoms with Gasteiger partial charge in [0, 0.05) is 42.3 Å². The highest BCUT2D eigenvalue weighted by Gasteiger charge is 2.17. The van der Waals surface area contributed by atoms with Crippen molar-refractivity contribution >= 4 is 5.95 Å². The zero-order valence-electron chi connectivity index (χ0n) is 15.6. The van der Waals surface area contributed by atoms with Crippen molar-refractivity contribution < 1.29 is 4.74 Å². The number of morpholine rings is 1. The molecule has 1 aliphatic heterocycles. The molecule has 1 fully saturated rings. The van der Waals surface area contributed by atoms with Gasteiger partial charge in [0.25, 0.3) is 11.5 Å². The van der Waals surface area contributed by atoms with Crippen LogP contribution in [0.2, 0.25) is 0 Å². The number of anilines is 1. The largest absolute Gasteiger partial charge is 0.378 e. The van der Waals surface area contributed by atoms with Gasteiger partial charge in [0.05, 0.1) is 24.6 Å². The Morgan fingerprint density at radius 2 is 1.70 bits per heavy atom. The highest BCUT2D eigenvalue weighted by Crippen LogP contribution is 2.21. The summed E-state index contributed by atoms with van der Waals surface area (Å²) in [6.45, 7) is 8.55. The molecule has 0 amide bonds. The molecule has 27 heavy (non-hydrogen) atoms. The maximum absolute atomic E-state index is 12.5. The molecule has 0 unspecified atom stereocenters. The van der Waals surface area contributed by atoms with Crippen molar-refractivity contribution in [2.24, 2.45) is 0 Å². The lowest BCUT2D eigenvalue weighted by Crippen LogP contribution is -2.37. The Balaban J connectivity index is 1.69. The lowest BCUT2D eigenvalue weighted by atomic mass is 10.2. The third-order valence-electron chi connectivity index (χ3n) is 4.44. The summed E-state index contributed by atoms with van der Waals surface area (Å²) >= 11 is 0. The maximum Gasteiger partial charge on any atom is 0.274 e. The van der Waals surface area contributed by atoms with Crippen LogP contribution in [0.3, 0.4) is 0 Å². The van der Waals surface area contributed by atoms with Crippen LogP contribution in [0.4, 0.5) is 5.95 Å². The van der Waals surface area contributed by atoms with Crippen molar-refractivity contribution in [3.63, 3.8) is 0 Å². The highest BCUT2D eigenvalue weighted by molar-refractivity contribution is 5.61. The van der Waals surface area contributed by atoms with Crippen LogP contribution in [0.25, 0.3) is 17.2 Å². The Morgan fingerprint density at radius 3 is 2.37 bits per heavy atom. The van der Waals surface area contributed by atoms with Crippen LogP contribution in [0.5, 0.6) is 0 Å². The fourth-order valence-corrected chi connectivity index (χ4v) is 3.12. The molecular formula is C18H21N7O2. The minimum Gasteiger partial charge on any atom is -0.378 e. The molecule has 0 radical (unpaired) electrons. The van der Waals surface area contributed by atoms with Crippen LogP contribution in [-0.4, -0.2) is 56.0 Å². The number of aromatic nitrogens is 6. The van der Waals surface area contributed by atoms with Crippen molar-refractivity contribution in [2.45, 2.75) is 20.8 Å². The van der Waals surface area contributed by atoms with E-state index in [2.05, 4.69) is 29.9 Å². The van der Waals surface area contributed by atoms with Crippen molar-refractivity contribution in [3.05, 3.63) is 45.8 Å². The average Bonchev–Trinajstić information content (AvgIpc) is 3.03. The van der Waals surface area contributed by atoms with Crippen LogP contribution >= 0.6 is 0 Å². The monoisotopic (exact) mass is 367 g/mol. The number of aryl methyl sites for hydroxylation is 3. The minimum absolute atomic E-state index is 0.230. The van der Waals surface area contributed by atoms with E-state index in [4.69, 9.17) is 4.74 Å². The van der Waals surface area contributed by atoms with E-state index >= 15 is 0 Å². The second kappa shape index (κ2) is 6.92. The summed E-state index contributed by atoms with van der Waals surface area (Å²) in [6, 6.07) is 3.38. The second-order valence-electron chi connectivity index (χ2n) is 6.56. The number of ether oxygens (including phenoxy) is 1. The van der Waals surface area contributed by atoms with E-state index in [1.165, 1.54) is 10.7 Å². The topological polar surface area (TPSA) is 102 Å². The molecule has 4 rings (SSSR count). The fourth-order valence-electron chi connectivity index (χ4n) is 3.12. The van der Waals surface area contributed by atoms with Crippen molar-refractivity contribution in [1.82, 2.24) is 29.7 Å². The summed E-state index contributed by atoms with van der Waals surface area (Å²) < 4.78 is 6.71. The average molecular weight is 367 g/mol. The molecule has 0 aliphatic carbocycles. The molecule has 0 bridgehead atoms. The Morgan fingerprint density at radius 1 is 1.00 bits per heavy atom. The third-order valence-corrected chi connectivity index (χ3v) is 4.44. The van der Waals surface area contributed by atoms with Crippen LogP contribution in [0.15, 0.2) is 23.1 Å². The lowest BCUT2D eigenvalue weighted by molar-refractivity contribution is 0.122. The van der Waals surface area contributed by atoms with E-state index in [-0.39, 0.29) is 5.56 Å². The summed E-state index contributed by atoms with van der Waals surface area (Å²) in [5.41, 5.74) is 3.57. The normalized spacial score (nSPS) is 14.6. The van der Waals surface area contributed by atoms with Gasteiger partial charge in [-0.3, -0.25) is 9.89 Å². The summed E-state index contributed by atoms with van der Waals surface area (Å²) in [7, 11) is 0. The summed E-state index contributed by atoms with van der Waals surface area (Å²) in [5.74, 6) is 1.01. The zero-order valence-corrected chi connectivity index (χ0v) is 15.6.